The highest BCUT2D eigenvalue weighted by molar-refractivity contribution is 5.81. The Balaban J connectivity index is 2.14. The molecule has 1 heterocycles. The zero-order chi connectivity index (χ0) is 16.8. The van der Waals surface area contributed by atoms with E-state index < -0.39 is 0 Å². The number of ether oxygens (including phenoxy) is 2. The lowest BCUT2D eigenvalue weighted by Crippen LogP contribution is -2.39. The van der Waals surface area contributed by atoms with Crippen LogP contribution in [0.5, 0.6) is 0 Å². The molecule has 134 valence electrons. The smallest absolute Gasteiger partial charge is 0.224 e. The molecule has 0 aromatic carbocycles. The first kappa shape index (κ1) is 19.7. The van der Waals surface area contributed by atoms with Gasteiger partial charge in [-0.15, -0.1) is 0 Å². The number of nitrogens with one attached hydrogen (secondary N) is 2. The zero-order valence-electron chi connectivity index (χ0n) is 14.6. The van der Waals surface area contributed by atoms with E-state index in [9.17, 15) is 4.79 Å². The Morgan fingerprint density at radius 2 is 1.96 bits per heavy atom. The average Bonchev–Trinajstić information content (AvgIpc) is 3.08. The fourth-order valence-corrected chi connectivity index (χ4v) is 2.36. The molecule has 0 bridgehead atoms. The molecule has 7 nitrogen and oxygen atoms in total. The van der Waals surface area contributed by atoms with Gasteiger partial charge < -0.3 is 25.0 Å². The second-order valence-electron chi connectivity index (χ2n) is 5.48. The Labute approximate surface area is 139 Å². The molecular weight excluding hydrogens is 296 g/mol. The van der Waals surface area contributed by atoms with Crippen LogP contribution in [0.2, 0.25) is 0 Å². The maximum atomic E-state index is 12.0. The summed E-state index contributed by atoms with van der Waals surface area (Å²) in [5, 5.41) is 6.41. The molecule has 23 heavy (non-hydrogen) atoms. The Bertz CT molecular complexity index is 344. The van der Waals surface area contributed by atoms with Crippen LogP contribution >= 0.6 is 0 Å². The highest BCUT2D eigenvalue weighted by atomic mass is 16.5. The number of rotatable bonds is 11. The van der Waals surface area contributed by atoms with Gasteiger partial charge >= 0.3 is 0 Å². The van der Waals surface area contributed by atoms with Crippen molar-refractivity contribution in [1.29, 1.82) is 0 Å². The van der Waals surface area contributed by atoms with E-state index in [1.54, 1.807) is 7.11 Å². The van der Waals surface area contributed by atoms with Gasteiger partial charge in [0.25, 0.3) is 0 Å². The predicted octanol–water partition coefficient (Wildman–Crippen LogP) is 0.607. The highest BCUT2D eigenvalue weighted by Crippen LogP contribution is 2.08. The molecule has 0 aromatic heterocycles. The summed E-state index contributed by atoms with van der Waals surface area (Å²) in [6, 6.07) is 0. The van der Waals surface area contributed by atoms with E-state index >= 15 is 0 Å². The van der Waals surface area contributed by atoms with Crippen LogP contribution in [0.1, 0.15) is 32.6 Å². The van der Waals surface area contributed by atoms with Crippen molar-refractivity contribution in [2.24, 2.45) is 4.99 Å². The van der Waals surface area contributed by atoms with E-state index in [-0.39, 0.29) is 5.91 Å². The standard InChI is InChI=1S/C16H32N4O3/c1-3-17-16(18-8-6-12-23-14-13-22-2)19-9-7-15(21)20-10-4-5-11-20/h3-14H2,1-2H3,(H2,17,18,19). The van der Waals surface area contributed by atoms with Gasteiger partial charge in [0.15, 0.2) is 5.96 Å². The number of hydrogen-bond acceptors (Lipinski definition) is 4. The van der Waals surface area contributed by atoms with Gasteiger partial charge in [-0.2, -0.15) is 0 Å². The second kappa shape index (κ2) is 13.1. The van der Waals surface area contributed by atoms with Crippen molar-refractivity contribution >= 4 is 11.9 Å². The average molecular weight is 328 g/mol. The summed E-state index contributed by atoms with van der Waals surface area (Å²) in [5.74, 6) is 0.996. The van der Waals surface area contributed by atoms with Gasteiger partial charge in [-0.1, -0.05) is 0 Å². The molecule has 0 aliphatic carbocycles. The van der Waals surface area contributed by atoms with Gasteiger partial charge in [0.05, 0.1) is 13.2 Å². The molecule has 0 unspecified atom stereocenters. The van der Waals surface area contributed by atoms with Gasteiger partial charge in [0.2, 0.25) is 5.91 Å². The van der Waals surface area contributed by atoms with Crippen molar-refractivity contribution < 1.29 is 14.3 Å². The first-order chi connectivity index (χ1) is 11.3. The van der Waals surface area contributed by atoms with Gasteiger partial charge in [-0.3, -0.25) is 9.79 Å². The third-order valence-corrected chi connectivity index (χ3v) is 3.58. The van der Waals surface area contributed by atoms with Crippen LogP contribution in [0, 0.1) is 0 Å². The van der Waals surface area contributed by atoms with Crippen LogP contribution in [0.25, 0.3) is 0 Å². The molecular formula is C16H32N4O3. The quantitative estimate of drug-likeness (QED) is 0.330. The third-order valence-electron chi connectivity index (χ3n) is 3.58. The SMILES string of the molecule is CCNC(=NCCCOCCOC)NCCC(=O)N1CCCC1. The van der Waals surface area contributed by atoms with E-state index in [0.29, 0.717) is 39.3 Å². The summed E-state index contributed by atoms with van der Waals surface area (Å²) in [6.07, 6.45) is 3.66. The minimum absolute atomic E-state index is 0.234. The van der Waals surface area contributed by atoms with Gasteiger partial charge in [-0.25, -0.2) is 0 Å². The molecule has 0 saturated carbocycles. The maximum absolute atomic E-state index is 12.0. The molecule has 0 spiro atoms. The lowest BCUT2D eigenvalue weighted by molar-refractivity contribution is -0.129. The lowest BCUT2D eigenvalue weighted by Gasteiger charge is -2.16. The number of hydrogen-bond donors (Lipinski definition) is 2. The first-order valence-electron chi connectivity index (χ1n) is 8.64. The van der Waals surface area contributed by atoms with Gasteiger partial charge in [0.1, 0.15) is 0 Å². The Morgan fingerprint density at radius 3 is 2.65 bits per heavy atom. The summed E-state index contributed by atoms with van der Waals surface area (Å²) >= 11 is 0. The van der Waals surface area contributed by atoms with E-state index in [4.69, 9.17) is 9.47 Å². The molecule has 1 aliphatic rings. The molecule has 1 fully saturated rings. The van der Waals surface area contributed by atoms with Crippen molar-refractivity contribution in [3.8, 4) is 0 Å². The topological polar surface area (TPSA) is 75.2 Å². The van der Waals surface area contributed by atoms with Gasteiger partial charge in [0, 0.05) is 52.9 Å². The fourth-order valence-electron chi connectivity index (χ4n) is 2.36. The largest absolute Gasteiger partial charge is 0.382 e. The number of likely N-dealkylation sites (tertiary alicyclic amines) is 1. The first-order valence-corrected chi connectivity index (χ1v) is 8.64. The monoisotopic (exact) mass is 328 g/mol. The predicted molar refractivity (Wildman–Crippen MR) is 91.7 cm³/mol. The van der Waals surface area contributed by atoms with Crippen molar-refractivity contribution in [2.45, 2.75) is 32.6 Å². The Morgan fingerprint density at radius 1 is 1.17 bits per heavy atom. The summed E-state index contributed by atoms with van der Waals surface area (Å²) in [5.41, 5.74) is 0. The highest BCUT2D eigenvalue weighted by Gasteiger charge is 2.17. The van der Waals surface area contributed by atoms with Crippen LogP contribution in [-0.2, 0) is 14.3 Å². The minimum Gasteiger partial charge on any atom is -0.382 e. The number of carbonyl (C=O) groups is 1. The number of amides is 1. The third kappa shape index (κ3) is 9.40. The summed E-state index contributed by atoms with van der Waals surface area (Å²) in [4.78, 5) is 18.4. The van der Waals surface area contributed by atoms with Crippen LogP contribution in [-0.4, -0.2) is 76.4 Å². The number of guanidine groups is 1. The summed E-state index contributed by atoms with van der Waals surface area (Å²) in [6.45, 7) is 7.89. The molecule has 0 aromatic rings. The molecule has 7 heteroatoms. The van der Waals surface area contributed by atoms with E-state index in [0.717, 1.165) is 44.9 Å². The van der Waals surface area contributed by atoms with Crippen LogP contribution in [0.15, 0.2) is 4.99 Å². The van der Waals surface area contributed by atoms with Crippen molar-refractivity contribution in [3.05, 3.63) is 0 Å². The van der Waals surface area contributed by atoms with Crippen LogP contribution in [0.4, 0.5) is 0 Å². The molecule has 1 rings (SSSR count). The molecule has 0 atom stereocenters. The van der Waals surface area contributed by atoms with Crippen LogP contribution < -0.4 is 10.6 Å². The normalized spacial score (nSPS) is 15.0. The maximum Gasteiger partial charge on any atom is 0.224 e. The second-order valence-corrected chi connectivity index (χ2v) is 5.48. The van der Waals surface area contributed by atoms with Gasteiger partial charge in [-0.05, 0) is 26.2 Å². The Hall–Kier alpha value is -1.34. The zero-order valence-corrected chi connectivity index (χ0v) is 14.6. The molecule has 2 N–H and O–H groups in total. The Kier molecular flexibility index (Phi) is 11.3. The molecule has 1 saturated heterocycles. The number of methoxy groups -OCH3 is 1. The van der Waals surface area contributed by atoms with Crippen molar-refractivity contribution in [2.75, 3.05) is 59.7 Å². The number of carbonyl (C=O) groups excluding carboxylic acids is 1. The van der Waals surface area contributed by atoms with Crippen LogP contribution in [0.3, 0.4) is 0 Å². The van der Waals surface area contributed by atoms with Crippen molar-refractivity contribution in [1.82, 2.24) is 15.5 Å². The minimum atomic E-state index is 0.234. The molecule has 1 aliphatic heterocycles. The van der Waals surface area contributed by atoms with E-state index in [1.165, 1.54) is 0 Å². The summed E-state index contributed by atoms with van der Waals surface area (Å²) < 4.78 is 10.3. The molecule has 1 amide bonds. The lowest BCUT2D eigenvalue weighted by atomic mass is 10.3. The summed E-state index contributed by atoms with van der Waals surface area (Å²) in [7, 11) is 1.66. The number of nitrogens with zero attached hydrogens (tertiary/aromatic N) is 2. The van der Waals surface area contributed by atoms with Crippen molar-refractivity contribution in [3.63, 3.8) is 0 Å². The van der Waals surface area contributed by atoms with E-state index in [2.05, 4.69) is 15.6 Å². The molecule has 0 radical (unpaired) electrons. The fraction of sp³-hybridized carbons (Fsp3) is 0.875. The number of aliphatic imine (C=N–C) groups is 1. The van der Waals surface area contributed by atoms with E-state index in [1.807, 2.05) is 11.8 Å².